The Hall–Kier alpha value is -2.44. The number of amides is 1. The van der Waals surface area contributed by atoms with Crippen molar-refractivity contribution < 1.29 is 14.3 Å². The molecule has 0 aliphatic carbocycles. The maximum absolute atomic E-state index is 13.4. The summed E-state index contributed by atoms with van der Waals surface area (Å²) < 4.78 is 12.3. The van der Waals surface area contributed by atoms with Gasteiger partial charge < -0.3 is 9.47 Å². The molecule has 0 saturated carbocycles. The van der Waals surface area contributed by atoms with Gasteiger partial charge in [0.05, 0.1) is 36.4 Å². The molecule has 1 fully saturated rings. The summed E-state index contributed by atoms with van der Waals surface area (Å²) in [5.74, 6) is 0.878. The second kappa shape index (κ2) is 8.74. The maximum atomic E-state index is 13.4. The summed E-state index contributed by atoms with van der Waals surface area (Å²) in [5.41, 5.74) is 5.37. The lowest BCUT2D eigenvalue weighted by molar-refractivity contribution is -0.118. The van der Waals surface area contributed by atoms with Crippen LogP contribution in [0.1, 0.15) is 35.1 Å². The number of nitrogens with zero attached hydrogens (tertiary/aromatic N) is 2. The molecule has 1 amide bonds. The Morgan fingerprint density at radius 1 is 1.23 bits per heavy atom. The maximum Gasteiger partial charge on any atom is 0.233 e. The van der Waals surface area contributed by atoms with E-state index in [1.54, 1.807) is 18.4 Å². The van der Waals surface area contributed by atoms with E-state index < -0.39 is 0 Å². The van der Waals surface area contributed by atoms with Crippen LogP contribution in [-0.4, -0.2) is 37.3 Å². The third-order valence-electron chi connectivity index (χ3n) is 5.83. The van der Waals surface area contributed by atoms with Crippen molar-refractivity contribution in [2.24, 2.45) is 0 Å². The topological polar surface area (TPSA) is 51.7 Å². The van der Waals surface area contributed by atoms with Crippen molar-refractivity contribution in [3.05, 3.63) is 52.6 Å². The standard InChI is InChI=1S/C24H28N2O3S/c1-15-7-10-21-23(17(15)3)25-24(30-21)26(14-19-6-5-11-29-19)22(27)13-18-8-9-20(28-4)16(2)12-18/h7-10,12,19H,5-6,11,13-14H2,1-4H3. The van der Waals surface area contributed by atoms with Gasteiger partial charge in [-0.2, -0.15) is 0 Å². The quantitative estimate of drug-likeness (QED) is 0.560. The molecule has 4 rings (SSSR count). The lowest BCUT2D eigenvalue weighted by atomic mass is 10.1. The van der Waals surface area contributed by atoms with Gasteiger partial charge in [0.25, 0.3) is 0 Å². The predicted molar refractivity (Wildman–Crippen MR) is 122 cm³/mol. The van der Waals surface area contributed by atoms with Crippen molar-refractivity contribution in [2.75, 3.05) is 25.2 Å². The van der Waals surface area contributed by atoms with E-state index in [1.807, 2.05) is 30.0 Å². The second-order valence-corrected chi connectivity index (χ2v) is 8.98. The molecule has 0 radical (unpaired) electrons. The number of aryl methyl sites for hydroxylation is 3. The number of ether oxygens (including phenoxy) is 2. The Bertz CT molecular complexity index is 1070. The summed E-state index contributed by atoms with van der Waals surface area (Å²) in [7, 11) is 1.66. The molecule has 1 unspecified atom stereocenters. The van der Waals surface area contributed by atoms with E-state index >= 15 is 0 Å². The number of hydrogen-bond acceptors (Lipinski definition) is 5. The van der Waals surface area contributed by atoms with Crippen LogP contribution in [0.3, 0.4) is 0 Å². The van der Waals surface area contributed by atoms with E-state index in [4.69, 9.17) is 14.5 Å². The monoisotopic (exact) mass is 424 g/mol. The van der Waals surface area contributed by atoms with Crippen LogP contribution in [0.4, 0.5) is 5.13 Å². The molecule has 1 atom stereocenters. The largest absolute Gasteiger partial charge is 0.496 e. The molecule has 6 heteroatoms. The lowest BCUT2D eigenvalue weighted by Crippen LogP contribution is -2.38. The van der Waals surface area contributed by atoms with Crippen LogP contribution in [0.25, 0.3) is 10.2 Å². The van der Waals surface area contributed by atoms with Crippen molar-refractivity contribution in [2.45, 2.75) is 46.1 Å². The molecular weight excluding hydrogens is 396 g/mol. The van der Waals surface area contributed by atoms with Gasteiger partial charge in [0, 0.05) is 6.61 Å². The number of aromatic nitrogens is 1. The van der Waals surface area contributed by atoms with Gasteiger partial charge in [0.15, 0.2) is 5.13 Å². The van der Waals surface area contributed by atoms with Crippen LogP contribution in [0.5, 0.6) is 5.75 Å². The number of carbonyl (C=O) groups is 1. The first kappa shape index (κ1) is 20.8. The molecule has 3 aromatic rings. The minimum absolute atomic E-state index is 0.0449. The molecule has 0 bridgehead atoms. The molecule has 0 N–H and O–H groups in total. The van der Waals surface area contributed by atoms with Gasteiger partial charge in [-0.05, 0) is 68.0 Å². The number of anilines is 1. The Morgan fingerprint density at radius 3 is 2.77 bits per heavy atom. The minimum atomic E-state index is 0.0449. The molecule has 2 aromatic carbocycles. The highest BCUT2D eigenvalue weighted by molar-refractivity contribution is 7.22. The summed E-state index contributed by atoms with van der Waals surface area (Å²) >= 11 is 1.58. The van der Waals surface area contributed by atoms with Crippen LogP contribution in [0.2, 0.25) is 0 Å². The summed E-state index contributed by atoms with van der Waals surface area (Å²) in [5, 5.41) is 0.754. The third kappa shape index (κ3) is 4.20. The molecular formula is C24H28N2O3S. The Balaban J connectivity index is 1.64. The fourth-order valence-electron chi connectivity index (χ4n) is 3.93. The van der Waals surface area contributed by atoms with Crippen LogP contribution in [-0.2, 0) is 16.0 Å². The average molecular weight is 425 g/mol. The van der Waals surface area contributed by atoms with Crippen LogP contribution in [0, 0.1) is 20.8 Å². The summed E-state index contributed by atoms with van der Waals surface area (Å²) in [6.45, 7) is 7.49. The summed E-state index contributed by atoms with van der Waals surface area (Å²) in [6, 6.07) is 10.1. The van der Waals surface area contributed by atoms with Crippen molar-refractivity contribution in [3.63, 3.8) is 0 Å². The van der Waals surface area contributed by atoms with Gasteiger partial charge in [0.2, 0.25) is 5.91 Å². The smallest absolute Gasteiger partial charge is 0.233 e. The van der Waals surface area contributed by atoms with Gasteiger partial charge in [-0.3, -0.25) is 9.69 Å². The van der Waals surface area contributed by atoms with Crippen LogP contribution < -0.4 is 9.64 Å². The SMILES string of the molecule is COc1ccc(CC(=O)N(CC2CCCO2)c2nc3c(C)c(C)ccc3s2)cc1C. The first-order valence-corrected chi connectivity index (χ1v) is 11.2. The van der Waals surface area contributed by atoms with Crippen molar-refractivity contribution in [1.29, 1.82) is 0 Å². The first-order valence-electron chi connectivity index (χ1n) is 10.4. The van der Waals surface area contributed by atoms with Crippen LogP contribution >= 0.6 is 11.3 Å². The molecule has 2 heterocycles. The molecule has 30 heavy (non-hydrogen) atoms. The average Bonchev–Trinajstić information content (AvgIpc) is 3.39. The number of thiazole rings is 1. The Morgan fingerprint density at radius 2 is 2.07 bits per heavy atom. The van der Waals surface area contributed by atoms with E-state index in [0.717, 1.165) is 51.7 Å². The van der Waals surface area contributed by atoms with Crippen LogP contribution in [0.15, 0.2) is 30.3 Å². The molecule has 158 valence electrons. The molecule has 1 aromatic heterocycles. The number of carbonyl (C=O) groups excluding carboxylic acids is 1. The molecule has 1 aliphatic heterocycles. The second-order valence-electron chi connectivity index (χ2n) is 7.97. The Labute approximate surface area is 181 Å². The number of benzene rings is 2. The number of rotatable bonds is 6. The lowest BCUT2D eigenvalue weighted by Gasteiger charge is -2.23. The summed E-state index contributed by atoms with van der Waals surface area (Å²) in [6.07, 6.45) is 2.42. The van der Waals surface area contributed by atoms with E-state index in [9.17, 15) is 4.79 Å². The van der Waals surface area contributed by atoms with E-state index in [1.165, 1.54) is 11.1 Å². The van der Waals surface area contributed by atoms with Gasteiger partial charge in [-0.15, -0.1) is 0 Å². The normalized spacial score (nSPS) is 16.2. The van der Waals surface area contributed by atoms with E-state index in [2.05, 4.69) is 26.0 Å². The van der Waals surface area contributed by atoms with Gasteiger partial charge >= 0.3 is 0 Å². The zero-order valence-corrected chi connectivity index (χ0v) is 18.8. The molecule has 1 aliphatic rings. The third-order valence-corrected chi connectivity index (χ3v) is 6.87. The summed E-state index contributed by atoms with van der Waals surface area (Å²) in [4.78, 5) is 20.1. The Kier molecular flexibility index (Phi) is 6.06. The predicted octanol–water partition coefficient (Wildman–Crippen LogP) is 4.98. The number of methoxy groups -OCH3 is 1. The highest BCUT2D eigenvalue weighted by Crippen LogP contribution is 2.33. The highest BCUT2D eigenvalue weighted by Gasteiger charge is 2.26. The van der Waals surface area contributed by atoms with Gasteiger partial charge in [-0.25, -0.2) is 4.98 Å². The first-order chi connectivity index (χ1) is 14.5. The van der Waals surface area contributed by atoms with Crippen molar-refractivity contribution in [1.82, 2.24) is 4.98 Å². The molecule has 5 nitrogen and oxygen atoms in total. The molecule has 1 saturated heterocycles. The van der Waals surface area contributed by atoms with E-state index in [0.29, 0.717) is 13.0 Å². The fourth-order valence-corrected chi connectivity index (χ4v) is 4.98. The van der Waals surface area contributed by atoms with E-state index in [-0.39, 0.29) is 12.0 Å². The van der Waals surface area contributed by atoms with Gasteiger partial charge in [0.1, 0.15) is 5.75 Å². The zero-order valence-electron chi connectivity index (χ0n) is 18.0. The number of hydrogen-bond donors (Lipinski definition) is 0. The molecule has 0 spiro atoms. The van der Waals surface area contributed by atoms with Gasteiger partial charge in [-0.1, -0.05) is 29.5 Å². The number of fused-ring (bicyclic) bond motifs is 1. The van der Waals surface area contributed by atoms with Crippen molar-refractivity contribution >= 4 is 32.6 Å². The zero-order chi connectivity index (χ0) is 21.3. The fraction of sp³-hybridized carbons (Fsp3) is 0.417. The highest BCUT2D eigenvalue weighted by atomic mass is 32.1. The minimum Gasteiger partial charge on any atom is -0.496 e. The van der Waals surface area contributed by atoms with Crippen molar-refractivity contribution in [3.8, 4) is 5.75 Å².